The molecule has 0 spiro atoms. The Balaban J connectivity index is 2.13. The second-order valence-electron chi connectivity index (χ2n) is 4.41. The standard InChI is InChI=1S/C11H15NO3S/c1-11(3-2-4-15-7-11)8-6-12-9(16-8)5-10(13)14/h6H,2-5,7H2,1H3,(H,13,14). The Morgan fingerprint density at radius 1 is 1.75 bits per heavy atom. The molecular weight excluding hydrogens is 226 g/mol. The van der Waals surface area contributed by atoms with Crippen molar-refractivity contribution in [3.05, 3.63) is 16.1 Å². The van der Waals surface area contributed by atoms with Gasteiger partial charge in [0.2, 0.25) is 0 Å². The summed E-state index contributed by atoms with van der Waals surface area (Å²) in [4.78, 5) is 15.9. The van der Waals surface area contributed by atoms with E-state index in [-0.39, 0.29) is 11.8 Å². The Bertz CT molecular complexity index is 382. The summed E-state index contributed by atoms with van der Waals surface area (Å²) < 4.78 is 5.49. The Morgan fingerprint density at radius 2 is 2.56 bits per heavy atom. The van der Waals surface area contributed by atoms with Crippen LogP contribution in [0.25, 0.3) is 0 Å². The van der Waals surface area contributed by atoms with Gasteiger partial charge in [-0.1, -0.05) is 6.92 Å². The van der Waals surface area contributed by atoms with Crippen molar-refractivity contribution < 1.29 is 14.6 Å². The van der Waals surface area contributed by atoms with Crippen LogP contribution in [0, 0.1) is 0 Å². The lowest BCUT2D eigenvalue weighted by molar-refractivity contribution is -0.136. The largest absolute Gasteiger partial charge is 0.481 e. The number of hydrogen-bond donors (Lipinski definition) is 1. The molecule has 16 heavy (non-hydrogen) atoms. The van der Waals surface area contributed by atoms with Crippen molar-refractivity contribution in [3.63, 3.8) is 0 Å². The molecule has 1 aliphatic rings. The number of rotatable bonds is 3. The zero-order valence-corrected chi connectivity index (χ0v) is 10.0. The normalized spacial score (nSPS) is 25.6. The number of hydrogen-bond acceptors (Lipinski definition) is 4. The third-order valence-electron chi connectivity index (χ3n) is 2.89. The molecule has 1 unspecified atom stereocenters. The Morgan fingerprint density at radius 3 is 3.19 bits per heavy atom. The quantitative estimate of drug-likeness (QED) is 0.877. The second kappa shape index (κ2) is 4.51. The number of carboxylic acids is 1. The fraction of sp³-hybridized carbons (Fsp3) is 0.636. The van der Waals surface area contributed by atoms with Crippen LogP contribution in [-0.2, 0) is 21.4 Å². The first-order chi connectivity index (χ1) is 7.60. The number of thiazole rings is 1. The molecule has 4 nitrogen and oxygen atoms in total. The molecule has 88 valence electrons. The first-order valence-corrected chi connectivity index (χ1v) is 6.16. The molecule has 0 bridgehead atoms. The highest BCUT2D eigenvalue weighted by atomic mass is 32.1. The molecule has 1 N–H and O–H groups in total. The molecule has 1 aliphatic heterocycles. The Labute approximate surface area is 98.3 Å². The van der Waals surface area contributed by atoms with Crippen molar-refractivity contribution in [2.75, 3.05) is 13.2 Å². The molecule has 0 aromatic carbocycles. The van der Waals surface area contributed by atoms with E-state index < -0.39 is 5.97 Å². The molecule has 1 atom stereocenters. The molecule has 2 heterocycles. The fourth-order valence-corrected chi connectivity index (χ4v) is 3.00. The zero-order chi connectivity index (χ0) is 11.6. The third kappa shape index (κ3) is 2.41. The van der Waals surface area contributed by atoms with Crippen LogP contribution >= 0.6 is 11.3 Å². The lowest BCUT2D eigenvalue weighted by atomic mass is 9.84. The van der Waals surface area contributed by atoms with Gasteiger partial charge in [0.1, 0.15) is 5.01 Å². The molecule has 0 saturated carbocycles. The van der Waals surface area contributed by atoms with E-state index in [1.807, 2.05) is 0 Å². The van der Waals surface area contributed by atoms with Crippen LogP contribution in [0.2, 0.25) is 0 Å². The maximum atomic E-state index is 10.6. The minimum atomic E-state index is -0.828. The molecule has 5 heteroatoms. The van der Waals surface area contributed by atoms with Gasteiger partial charge in [-0.3, -0.25) is 4.79 Å². The van der Waals surface area contributed by atoms with Gasteiger partial charge in [-0.25, -0.2) is 4.98 Å². The highest BCUT2D eigenvalue weighted by Gasteiger charge is 2.31. The van der Waals surface area contributed by atoms with Crippen LogP contribution < -0.4 is 0 Å². The van der Waals surface area contributed by atoms with Crippen molar-refractivity contribution in [3.8, 4) is 0 Å². The molecule has 1 aromatic rings. The van der Waals surface area contributed by atoms with E-state index in [0.29, 0.717) is 11.6 Å². The number of nitrogens with zero attached hydrogens (tertiary/aromatic N) is 1. The number of ether oxygens (including phenoxy) is 1. The van der Waals surface area contributed by atoms with Gasteiger partial charge >= 0.3 is 5.97 Å². The van der Waals surface area contributed by atoms with Gasteiger partial charge in [-0.15, -0.1) is 11.3 Å². The molecule has 1 aromatic heterocycles. The summed E-state index contributed by atoms with van der Waals surface area (Å²) >= 11 is 1.49. The number of carbonyl (C=O) groups is 1. The summed E-state index contributed by atoms with van der Waals surface area (Å²) in [6, 6.07) is 0. The van der Waals surface area contributed by atoms with Crippen molar-refractivity contribution >= 4 is 17.3 Å². The molecule has 0 radical (unpaired) electrons. The fourth-order valence-electron chi connectivity index (χ4n) is 1.93. The summed E-state index contributed by atoms with van der Waals surface area (Å²) in [5.74, 6) is -0.828. The molecule has 0 aliphatic carbocycles. The number of aliphatic carboxylic acids is 1. The molecular formula is C11H15NO3S. The molecule has 1 fully saturated rings. The third-order valence-corrected chi connectivity index (χ3v) is 4.19. The highest BCUT2D eigenvalue weighted by Crippen LogP contribution is 2.35. The van der Waals surface area contributed by atoms with Gasteiger partial charge in [0.15, 0.2) is 0 Å². The van der Waals surface area contributed by atoms with Gasteiger partial charge in [0.25, 0.3) is 0 Å². The summed E-state index contributed by atoms with van der Waals surface area (Å²) in [6.45, 7) is 3.70. The molecule has 2 rings (SSSR count). The van der Waals surface area contributed by atoms with Gasteiger partial charge < -0.3 is 9.84 Å². The summed E-state index contributed by atoms with van der Waals surface area (Å²) in [7, 11) is 0. The average Bonchev–Trinajstić information content (AvgIpc) is 2.67. The summed E-state index contributed by atoms with van der Waals surface area (Å²) in [6.07, 6.45) is 3.96. The van der Waals surface area contributed by atoms with Gasteiger partial charge in [-0.05, 0) is 12.8 Å². The summed E-state index contributed by atoms with van der Waals surface area (Å²) in [5.41, 5.74) is 0.0205. The second-order valence-corrected chi connectivity index (χ2v) is 5.52. The van der Waals surface area contributed by atoms with E-state index in [1.54, 1.807) is 6.20 Å². The van der Waals surface area contributed by atoms with E-state index in [0.717, 1.165) is 24.3 Å². The van der Waals surface area contributed by atoms with Crippen LogP contribution in [0.3, 0.4) is 0 Å². The van der Waals surface area contributed by atoms with Crippen LogP contribution in [-0.4, -0.2) is 29.3 Å². The van der Waals surface area contributed by atoms with Crippen LogP contribution in [0.5, 0.6) is 0 Å². The minimum absolute atomic E-state index is 0.0155. The van der Waals surface area contributed by atoms with E-state index >= 15 is 0 Å². The van der Waals surface area contributed by atoms with Crippen molar-refractivity contribution in [1.82, 2.24) is 4.98 Å². The lowest BCUT2D eigenvalue weighted by Gasteiger charge is -2.31. The highest BCUT2D eigenvalue weighted by molar-refractivity contribution is 7.11. The smallest absolute Gasteiger partial charge is 0.310 e. The van der Waals surface area contributed by atoms with Crippen molar-refractivity contribution in [2.24, 2.45) is 0 Å². The molecule has 0 amide bonds. The molecule has 1 saturated heterocycles. The SMILES string of the molecule is CC1(c2cnc(CC(=O)O)s2)CCCOC1. The van der Waals surface area contributed by atoms with Gasteiger partial charge in [0, 0.05) is 23.1 Å². The Hall–Kier alpha value is -0.940. The minimum Gasteiger partial charge on any atom is -0.481 e. The van der Waals surface area contributed by atoms with E-state index in [1.165, 1.54) is 11.3 Å². The van der Waals surface area contributed by atoms with E-state index in [9.17, 15) is 4.79 Å². The predicted molar refractivity (Wildman–Crippen MR) is 60.9 cm³/mol. The van der Waals surface area contributed by atoms with Crippen LogP contribution in [0.15, 0.2) is 6.20 Å². The van der Waals surface area contributed by atoms with E-state index in [4.69, 9.17) is 9.84 Å². The average molecular weight is 241 g/mol. The monoisotopic (exact) mass is 241 g/mol. The van der Waals surface area contributed by atoms with Crippen molar-refractivity contribution in [1.29, 1.82) is 0 Å². The lowest BCUT2D eigenvalue weighted by Crippen LogP contribution is -2.32. The summed E-state index contributed by atoms with van der Waals surface area (Å²) in [5, 5.41) is 9.37. The maximum Gasteiger partial charge on any atom is 0.310 e. The van der Waals surface area contributed by atoms with Gasteiger partial charge in [-0.2, -0.15) is 0 Å². The van der Waals surface area contributed by atoms with E-state index in [2.05, 4.69) is 11.9 Å². The Kier molecular flexibility index (Phi) is 3.25. The van der Waals surface area contributed by atoms with Gasteiger partial charge in [0.05, 0.1) is 13.0 Å². The van der Waals surface area contributed by atoms with Crippen molar-refractivity contribution in [2.45, 2.75) is 31.6 Å². The van der Waals surface area contributed by atoms with Crippen LogP contribution in [0.1, 0.15) is 29.7 Å². The zero-order valence-electron chi connectivity index (χ0n) is 9.23. The van der Waals surface area contributed by atoms with Crippen LogP contribution in [0.4, 0.5) is 0 Å². The number of aromatic nitrogens is 1. The first kappa shape index (κ1) is 11.5. The maximum absolute atomic E-state index is 10.6. The topological polar surface area (TPSA) is 59.4 Å². The predicted octanol–water partition coefficient (Wildman–Crippen LogP) is 1.84. The number of carboxylic acid groups (broad SMARTS) is 1. The first-order valence-electron chi connectivity index (χ1n) is 5.35.